The molecule has 31 heavy (non-hydrogen) atoms. The van der Waals surface area contributed by atoms with Crippen LogP contribution in [-0.4, -0.2) is 46.2 Å². The molecule has 1 atom stereocenters. The summed E-state index contributed by atoms with van der Waals surface area (Å²) in [5, 5.41) is 9.39. The summed E-state index contributed by atoms with van der Waals surface area (Å²) in [6, 6.07) is 11.0. The zero-order valence-electron chi connectivity index (χ0n) is 17.7. The summed E-state index contributed by atoms with van der Waals surface area (Å²) >= 11 is 1.74. The van der Waals surface area contributed by atoms with Crippen molar-refractivity contribution in [2.75, 3.05) is 13.7 Å². The molecule has 1 aromatic carbocycles. The molecule has 0 bridgehead atoms. The lowest BCUT2D eigenvalue weighted by Gasteiger charge is -2.30. The molecular weight excluding hydrogens is 412 g/mol. The fraction of sp³-hybridized carbons (Fsp3) is 0.348. The third kappa shape index (κ3) is 4.49. The van der Waals surface area contributed by atoms with Crippen LogP contribution in [0.5, 0.6) is 5.75 Å². The molecule has 3 heterocycles. The predicted octanol–water partition coefficient (Wildman–Crippen LogP) is 3.43. The van der Waals surface area contributed by atoms with Crippen molar-refractivity contribution in [1.29, 1.82) is 0 Å². The van der Waals surface area contributed by atoms with Crippen LogP contribution in [0, 0.1) is 0 Å². The van der Waals surface area contributed by atoms with Crippen LogP contribution in [0.15, 0.2) is 48.0 Å². The molecule has 0 saturated heterocycles. The van der Waals surface area contributed by atoms with Crippen molar-refractivity contribution in [3.63, 3.8) is 0 Å². The molecule has 3 aromatic rings. The summed E-state index contributed by atoms with van der Waals surface area (Å²) < 4.78 is 6.98. The maximum Gasteiger partial charge on any atom is 0.276 e. The summed E-state index contributed by atoms with van der Waals surface area (Å²) in [6.45, 7) is 3.28. The van der Waals surface area contributed by atoms with E-state index in [1.165, 1.54) is 17.6 Å². The Hall–Kier alpha value is -3.13. The Morgan fingerprint density at radius 2 is 2.06 bits per heavy atom. The number of methoxy groups -OCH3 is 1. The lowest BCUT2D eigenvalue weighted by Crippen LogP contribution is -2.49. The maximum absolute atomic E-state index is 13.2. The highest BCUT2D eigenvalue weighted by atomic mass is 32.1. The number of benzene rings is 1. The number of aromatic nitrogens is 2. The fourth-order valence-corrected chi connectivity index (χ4v) is 4.70. The average molecular weight is 439 g/mol. The predicted molar refractivity (Wildman–Crippen MR) is 120 cm³/mol. The molecule has 2 amide bonds. The van der Waals surface area contributed by atoms with Crippen LogP contribution in [0.1, 0.15) is 40.7 Å². The Balaban J connectivity index is 1.51. The quantitative estimate of drug-likeness (QED) is 0.613. The SMILES string of the molecule is CCCC(NC(=O)c1nn(-c2ccccc2)cc1OC)C(=O)N1CCc2sccc2C1. The number of fused-ring (bicyclic) bond motifs is 1. The van der Waals surface area contributed by atoms with Gasteiger partial charge in [0.05, 0.1) is 19.0 Å². The summed E-state index contributed by atoms with van der Waals surface area (Å²) in [5.41, 5.74) is 2.19. The van der Waals surface area contributed by atoms with Gasteiger partial charge in [0.25, 0.3) is 5.91 Å². The topological polar surface area (TPSA) is 76.5 Å². The van der Waals surface area contributed by atoms with Gasteiger partial charge < -0.3 is 15.0 Å². The van der Waals surface area contributed by atoms with E-state index in [0.717, 1.165) is 18.5 Å². The van der Waals surface area contributed by atoms with Crippen LogP contribution in [-0.2, 0) is 17.8 Å². The average Bonchev–Trinajstić information content (AvgIpc) is 3.45. The molecule has 2 aromatic heterocycles. The number of rotatable bonds is 7. The molecule has 0 saturated carbocycles. The molecule has 0 aliphatic carbocycles. The van der Waals surface area contributed by atoms with Crippen molar-refractivity contribution in [3.05, 3.63) is 64.1 Å². The van der Waals surface area contributed by atoms with Crippen molar-refractivity contribution in [2.24, 2.45) is 0 Å². The highest BCUT2D eigenvalue weighted by Gasteiger charge is 2.30. The number of hydrogen-bond acceptors (Lipinski definition) is 5. The number of nitrogens with zero attached hydrogens (tertiary/aromatic N) is 3. The Labute approximate surface area is 185 Å². The zero-order chi connectivity index (χ0) is 21.8. The van der Waals surface area contributed by atoms with Gasteiger partial charge in [0.15, 0.2) is 11.4 Å². The van der Waals surface area contributed by atoms with E-state index < -0.39 is 11.9 Å². The number of hydrogen-bond donors (Lipinski definition) is 1. The van der Waals surface area contributed by atoms with E-state index in [-0.39, 0.29) is 11.6 Å². The maximum atomic E-state index is 13.2. The molecule has 0 fully saturated rings. The number of thiophene rings is 1. The van der Waals surface area contributed by atoms with Crippen molar-refractivity contribution in [1.82, 2.24) is 20.0 Å². The molecule has 1 N–H and O–H groups in total. The van der Waals surface area contributed by atoms with Gasteiger partial charge in [0, 0.05) is 18.0 Å². The largest absolute Gasteiger partial charge is 0.493 e. The summed E-state index contributed by atoms with van der Waals surface area (Å²) in [7, 11) is 1.50. The Kier molecular flexibility index (Phi) is 6.36. The smallest absolute Gasteiger partial charge is 0.276 e. The highest BCUT2D eigenvalue weighted by molar-refractivity contribution is 7.10. The normalized spacial score (nSPS) is 14.1. The number of ether oxygens (including phenoxy) is 1. The van der Waals surface area contributed by atoms with Gasteiger partial charge in [-0.05, 0) is 42.0 Å². The fourth-order valence-electron chi connectivity index (χ4n) is 3.81. The van der Waals surface area contributed by atoms with Crippen LogP contribution in [0.3, 0.4) is 0 Å². The minimum Gasteiger partial charge on any atom is -0.493 e. The molecule has 1 aliphatic heterocycles. The second-order valence-electron chi connectivity index (χ2n) is 7.52. The molecule has 7 nitrogen and oxygen atoms in total. The first-order valence-corrected chi connectivity index (χ1v) is 11.3. The third-order valence-electron chi connectivity index (χ3n) is 5.44. The van der Waals surface area contributed by atoms with Crippen molar-refractivity contribution in [3.8, 4) is 11.4 Å². The lowest BCUT2D eigenvalue weighted by atomic mass is 10.1. The Morgan fingerprint density at radius 3 is 2.81 bits per heavy atom. The monoisotopic (exact) mass is 438 g/mol. The van der Waals surface area contributed by atoms with Crippen LogP contribution in [0.2, 0.25) is 0 Å². The standard InChI is InChI=1S/C23H26N4O3S/c1-3-7-18(23(29)26-12-10-20-16(14-26)11-13-31-20)24-22(28)21-19(30-2)15-27(25-21)17-8-5-4-6-9-17/h4-6,8-9,11,13,15,18H,3,7,10,12,14H2,1-2H3,(H,24,28). The molecule has 162 valence electrons. The highest BCUT2D eigenvalue weighted by Crippen LogP contribution is 2.25. The van der Waals surface area contributed by atoms with Gasteiger partial charge in [0.2, 0.25) is 5.91 Å². The van der Waals surface area contributed by atoms with E-state index in [4.69, 9.17) is 4.74 Å². The lowest BCUT2D eigenvalue weighted by molar-refractivity contribution is -0.134. The van der Waals surface area contributed by atoms with Gasteiger partial charge in [-0.2, -0.15) is 5.10 Å². The van der Waals surface area contributed by atoms with E-state index in [1.807, 2.05) is 42.2 Å². The van der Waals surface area contributed by atoms with Gasteiger partial charge in [-0.15, -0.1) is 11.3 Å². The number of nitrogens with one attached hydrogen (secondary N) is 1. The first kappa shape index (κ1) is 21.1. The van der Waals surface area contributed by atoms with Gasteiger partial charge in [-0.1, -0.05) is 31.5 Å². The van der Waals surface area contributed by atoms with Gasteiger partial charge in [-0.3, -0.25) is 9.59 Å². The molecule has 0 radical (unpaired) electrons. The van der Waals surface area contributed by atoms with E-state index in [2.05, 4.69) is 21.9 Å². The van der Waals surface area contributed by atoms with Crippen molar-refractivity contribution < 1.29 is 14.3 Å². The molecule has 1 unspecified atom stereocenters. The van der Waals surface area contributed by atoms with Gasteiger partial charge in [0.1, 0.15) is 6.04 Å². The van der Waals surface area contributed by atoms with Crippen LogP contribution < -0.4 is 10.1 Å². The van der Waals surface area contributed by atoms with E-state index in [9.17, 15) is 9.59 Å². The zero-order valence-corrected chi connectivity index (χ0v) is 18.5. The van der Waals surface area contributed by atoms with Crippen LogP contribution in [0.25, 0.3) is 5.69 Å². The Bertz CT molecular complexity index is 1060. The van der Waals surface area contributed by atoms with E-state index >= 15 is 0 Å². The second kappa shape index (κ2) is 9.34. The molecule has 4 rings (SSSR count). The minimum absolute atomic E-state index is 0.0477. The van der Waals surface area contributed by atoms with E-state index in [1.54, 1.807) is 22.2 Å². The Morgan fingerprint density at radius 1 is 1.26 bits per heavy atom. The van der Waals surface area contributed by atoms with Crippen LogP contribution >= 0.6 is 11.3 Å². The third-order valence-corrected chi connectivity index (χ3v) is 6.46. The van der Waals surface area contributed by atoms with Crippen molar-refractivity contribution >= 4 is 23.2 Å². The molecular formula is C23H26N4O3S. The number of carbonyl (C=O) groups is 2. The number of amides is 2. The minimum atomic E-state index is -0.593. The van der Waals surface area contributed by atoms with Crippen molar-refractivity contribution in [2.45, 2.75) is 38.8 Å². The van der Waals surface area contributed by atoms with E-state index in [0.29, 0.717) is 25.3 Å². The van der Waals surface area contributed by atoms with Gasteiger partial charge in [-0.25, -0.2) is 4.68 Å². The second-order valence-corrected chi connectivity index (χ2v) is 8.52. The molecule has 0 spiro atoms. The number of carbonyl (C=O) groups excluding carboxylic acids is 2. The number of para-hydroxylation sites is 1. The summed E-state index contributed by atoms with van der Waals surface area (Å²) in [6.07, 6.45) is 3.88. The molecule has 8 heteroatoms. The summed E-state index contributed by atoms with van der Waals surface area (Å²) in [4.78, 5) is 29.5. The first-order chi connectivity index (χ1) is 15.1. The van der Waals surface area contributed by atoms with Crippen LogP contribution in [0.4, 0.5) is 0 Å². The summed E-state index contributed by atoms with van der Waals surface area (Å²) in [5.74, 6) is -0.0926. The van der Waals surface area contributed by atoms with Gasteiger partial charge >= 0.3 is 0 Å². The first-order valence-electron chi connectivity index (χ1n) is 10.4. The molecule has 1 aliphatic rings.